The lowest BCUT2D eigenvalue weighted by Gasteiger charge is -2.26. The first kappa shape index (κ1) is 14.3. The first-order chi connectivity index (χ1) is 11.0. The van der Waals surface area contributed by atoms with Crippen LogP contribution in [0.4, 0.5) is 5.69 Å². The van der Waals surface area contributed by atoms with E-state index in [4.69, 9.17) is 4.74 Å². The second-order valence-corrected chi connectivity index (χ2v) is 6.18. The van der Waals surface area contributed by atoms with Crippen molar-refractivity contribution in [2.45, 2.75) is 18.6 Å². The zero-order valence-corrected chi connectivity index (χ0v) is 12.4. The topological polar surface area (TPSA) is 83.9 Å². The third-order valence-electron chi connectivity index (χ3n) is 4.91. The number of ether oxygens (including phenoxy) is 1. The average Bonchev–Trinajstić information content (AvgIpc) is 3.18. The van der Waals surface area contributed by atoms with Gasteiger partial charge >= 0.3 is 0 Å². The van der Waals surface area contributed by atoms with Crippen LogP contribution in [0.3, 0.4) is 0 Å². The van der Waals surface area contributed by atoms with E-state index in [0.717, 1.165) is 4.90 Å². The molecule has 1 aromatic carbocycles. The van der Waals surface area contributed by atoms with Crippen LogP contribution in [-0.2, 0) is 14.3 Å². The van der Waals surface area contributed by atoms with Crippen molar-refractivity contribution in [1.29, 1.82) is 0 Å². The Hall–Kier alpha value is -2.31. The largest absolute Gasteiger partial charge is 0.393 e. The van der Waals surface area contributed by atoms with Gasteiger partial charge in [0, 0.05) is 5.56 Å². The van der Waals surface area contributed by atoms with Crippen LogP contribution in [0.2, 0.25) is 0 Å². The van der Waals surface area contributed by atoms with Crippen LogP contribution in [0.15, 0.2) is 36.4 Å². The SMILES string of the molecule is CC(=O)c1cccc(N2C(=O)[C@@H]3[C@@H]4C=C[C@@](CO)(O4)[C@@H]3C2=O)c1. The molecule has 4 rings (SSSR count). The van der Waals surface area contributed by atoms with Gasteiger partial charge in [-0.05, 0) is 19.1 Å². The van der Waals surface area contributed by atoms with E-state index in [1.807, 2.05) is 0 Å². The molecule has 23 heavy (non-hydrogen) atoms. The fourth-order valence-corrected chi connectivity index (χ4v) is 3.80. The molecule has 0 spiro atoms. The van der Waals surface area contributed by atoms with E-state index in [0.29, 0.717) is 11.3 Å². The first-order valence-electron chi connectivity index (χ1n) is 7.45. The second kappa shape index (κ2) is 4.59. The summed E-state index contributed by atoms with van der Waals surface area (Å²) in [4.78, 5) is 38.2. The zero-order valence-electron chi connectivity index (χ0n) is 12.4. The standard InChI is InChI=1S/C17H15NO5/c1-9(20)10-3-2-4-11(7-10)18-15(21)13-12-5-6-17(8-19,23-12)14(13)16(18)22/h2-7,12-14,19H,8H2,1H3/t12-,13+,14-,17-/m0/s1. The van der Waals surface area contributed by atoms with Crippen LogP contribution < -0.4 is 4.90 Å². The molecule has 118 valence electrons. The number of carbonyl (C=O) groups is 3. The predicted octanol–water partition coefficient (Wildman–Crippen LogP) is 0.694. The minimum absolute atomic E-state index is 0.136. The minimum atomic E-state index is -1.10. The number of aliphatic hydroxyl groups is 1. The van der Waals surface area contributed by atoms with Gasteiger partial charge < -0.3 is 9.84 Å². The Bertz CT molecular complexity index is 770. The van der Waals surface area contributed by atoms with E-state index in [1.165, 1.54) is 6.92 Å². The van der Waals surface area contributed by atoms with Gasteiger partial charge in [-0.15, -0.1) is 0 Å². The summed E-state index contributed by atoms with van der Waals surface area (Å²) < 4.78 is 5.68. The van der Waals surface area contributed by atoms with Crippen LogP contribution in [-0.4, -0.2) is 41.0 Å². The molecule has 2 bridgehead atoms. The van der Waals surface area contributed by atoms with E-state index in [-0.39, 0.29) is 24.2 Å². The number of anilines is 1. The van der Waals surface area contributed by atoms with Crippen molar-refractivity contribution in [3.63, 3.8) is 0 Å². The number of fused-ring (bicyclic) bond motifs is 5. The lowest BCUT2D eigenvalue weighted by atomic mass is 9.77. The molecule has 2 amide bonds. The molecule has 0 saturated carbocycles. The summed E-state index contributed by atoms with van der Waals surface area (Å²) >= 11 is 0. The quantitative estimate of drug-likeness (QED) is 0.504. The maximum Gasteiger partial charge on any atom is 0.241 e. The number of aliphatic hydroxyl groups excluding tert-OH is 1. The highest BCUT2D eigenvalue weighted by molar-refractivity contribution is 6.23. The molecule has 2 fully saturated rings. The Morgan fingerprint density at radius 3 is 2.83 bits per heavy atom. The molecular weight excluding hydrogens is 298 g/mol. The van der Waals surface area contributed by atoms with Crippen molar-refractivity contribution in [1.82, 2.24) is 0 Å². The Labute approximate surface area is 132 Å². The van der Waals surface area contributed by atoms with Crippen molar-refractivity contribution >= 4 is 23.3 Å². The number of nitrogens with zero attached hydrogens (tertiary/aromatic N) is 1. The van der Waals surface area contributed by atoms with E-state index >= 15 is 0 Å². The molecule has 3 aliphatic rings. The van der Waals surface area contributed by atoms with Crippen molar-refractivity contribution in [3.05, 3.63) is 42.0 Å². The van der Waals surface area contributed by atoms with Gasteiger partial charge in [-0.25, -0.2) is 4.90 Å². The second-order valence-electron chi connectivity index (χ2n) is 6.18. The predicted molar refractivity (Wildman–Crippen MR) is 79.7 cm³/mol. The van der Waals surface area contributed by atoms with Crippen LogP contribution >= 0.6 is 0 Å². The lowest BCUT2D eigenvalue weighted by Crippen LogP contribution is -2.43. The van der Waals surface area contributed by atoms with Gasteiger partial charge in [-0.3, -0.25) is 14.4 Å². The maximum atomic E-state index is 12.8. The molecule has 0 radical (unpaired) electrons. The molecule has 1 N–H and O–H groups in total. The van der Waals surface area contributed by atoms with Gasteiger partial charge in [0.05, 0.1) is 30.2 Å². The number of carbonyl (C=O) groups excluding carboxylic acids is 3. The van der Waals surface area contributed by atoms with Crippen molar-refractivity contribution in [2.24, 2.45) is 11.8 Å². The van der Waals surface area contributed by atoms with E-state index in [1.54, 1.807) is 36.4 Å². The van der Waals surface area contributed by atoms with Crippen LogP contribution in [0.25, 0.3) is 0 Å². The molecule has 6 heteroatoms. The molecule has 1 aromatic rings. The number of ketones is 1. The Morgan fingerprint density at radius 1 is 1.35 bits per heavy atom. The van der Waals surface area contributed by atoms with Crippen molar-refractivity contribution in [3.8, 4) is 0 Å². The highest BCUT2D eigenvalue weighted by atomic mass is 16.5. The molecule has 3 aliphatic heterocycles. The number of hydrogen-bond acceptors (Lipinski definition) is 5. The lowest BCUT2D eigenvalue weighted by molar-refractivity contribution is -0.128. The summed E-state index contributed by atoms with van der Waals surface area (Å²) in [5, 5.41) is 9.67. The Balaban J connectivity index is 1.76. The molecule has 6 nitrogen and oxygen atoms in total. The molecule has 4 atom stereocenters. The maximum absolute atomic E-state index is 12.8. The number of Topliss-reactive ketones (excluding diaryl/α,β-unsaturated/α-hetero) is 1. The molecule has 2 saturated heterocycles. The normalized spacial score (nSPS) is 34.3. The van der Waals surface area contributed by atoms with Crippen molar-refractivity contribution in [2.75, 3.05) is 11.5 Å². The van der Waals surface area contributed by atoms with Gasteiger partial charge in [0.25, 0.3) is 0 Å². The van der Waals surface area contributed by atoms with E-state index in [2.05, 4.69) is 0 Å². The summed E-state index contributed by atoms with van der Waals surface area (Å²) in [6.45, 7) is 1.09. The van der Waals surface area contributed by atoms with Crippen LogP contribution in [0, 0.1) is 11.8 Å². The Morgan fingerprint density at radius 2 is 2.13 bits per heavy atom. The number of hydrogen-bond donors (Lipinski definition) is 1. The van der Waals surface area contributed by atoms with Gasteiger partial charge in [-0.2, -0.15) is 0 Å². The highest BCUT2D eigenvalue weighted by Crippen LogP contribution is 2.52. The van der Waals surface area contributed by atoms with Crippen molar-refractivity contribution < 1.29 is 24.2 Å². The van der Waals surface area contributed by atoms with Gasteiger partial charge in [0.15, 0.2) is 5.78 Å². The highest BCUT2D eigenvalue weighted by Gasteiger charge is 2.67. The fraction of sp³-hybridized carbons (Fsp3) is 0.353. The molecular formula is C17H15NO5. The van der Waals surface area contributed by atoms with Gasteiger partial charge in [0.2, 0.25) is 11.8 Å². The summed E-state index contributed by atoms with van der Waals surface area (Å²) in [7, 11) is 0. The molecule has 0 aliphatic carbocycles. The first-order valence-corrected chi connectivity index (χ1v) is 7.45. The summed E-state index contributed by atoms with van der Waals surface area (Å²) in [5.41, 5.74) is -0.279. The third-order valence-corrected chi connectivity index (χ3v) is 4.91. The smallest absolute Gasteiger partial charge is 0.241 e. The minimum Gasteiger partial charge on any atom is -0.393 e. The zero-order chi connectivity index (χ0) is 16.4. The van der Waals surface area contributed by atoms with E-state index in [9.17, 15) is 19.5 Å². The third kappa shape index (κ3) is 1.73. The summed E-state index contributed by atoms with van der Waals surface area (Å²) in [5.74, 6) is -2.19. The van der Waals surface area contributed by atoms with Gasteiger partial charge in [0.1, 0.15) is 5.60 Å². The molecule has 3 heterocycles. The Kier molecular flexibility index (Phi) is 2.86. The van der Waals surface area contributed by atoms with Gasteiger partial charge in [-0.1, -0.05) is 24.3 Å². The monoisotopic (exact) mass is 313 g/mol. The van der Waals surface area contributed by atoms with Crippen LogP contribution in [0.5, 0.6) is 0 Å². The number of rotatable bonds is 3. The number of imide groups is 1. The summed E-state index contributed by atoms with van der Waals surface area (Å²) in [6, 6.07) is 6.46. The molecule has 0 aromatic heterocycles. The molecule has 0 unspecified atom stereocenters. The van der Waals surface area contributed by atoms with E-state index < -0.39 is 23.5 Å². The number of benzene rings is 1. The fourth-order valence-electron chi connectivity index (χ4n) is 3.80. The number of amides is 2. The average molecular weight is 313 g/mol. The van der Waals surface area contributed by atoms with Crippen LogP contribution in [0.1, 0.15) is 17.3 Å². The summed E-state index contributed by atoms with van der Waals surface area (Å²) in [6.07, 6.45) is 2.93.